The molecule has 5 aliphatic rings. The zero-order chi connectivity index (χ0) is 45.6. The second-order valence-electron chi connectivity index (χ2n) is 20.8. The molecule has 13 nitrogen and oxygen atoms in total. The van der Waals surface area contributed by atoms with E-state index in [2.05, 4.69) is 34.6 Å². The van der Waals surface area contributed by atoms with E-state index in [9.17, 15) is 29.7 Å². The van der Waals surface area contributed by atoms with Gasteiger partial charge in [-0.15, -0.1) is 0 Å². The highest BCUT2D eigenvalue weighted by Crippen LogP contribution is 2.54. The number of ether oxygens (including phenoxy) is 7. The van der Waals surface area contributed by atoms with Crippen molar-refractivity contribution < 1.29 is 62.9 Å². The number of unbranched alkanes of at least 4 members (excludes halogenated alkanes) is 8. The second-order valence-corrected chi connectivity index (χ2v) is 20.8. The normalized spacial score (nSPS) is 41.2. The fourth-order valence-electron chi connectivity index (χ4n) is 11.6. The first-order valence-corrected chi connectivity index (χ1v) is 24.6. The third-order valence-electron chi connectivity index (χ3n) is 15.7. The number of rotatable bonds is 21. The average Bonchev–Trinajstić information content (AvgIpc) is 3.93. The maximum atomic E-state index is 13.5. The van der Waals surface area contributed by atoms with Crippen LogP contribution in [0.25, 0.3) is 0 Å². The molecule has 1 unspecified atom stereocenters. The minimum atomic E-state index is -1.60. The third-order valence-corrected chi connectivity index (χ3v) is 15.7. The number of aliphatic hydroxyl groups is 2. The number of carbonyl (C=O) groups excluding carboxylic acids is 2. The average molecular weight is 881 g/mol. The zero-order valence-corrected chi connectivity index (χ0v) is 39.9. The Bertz CT molecular complexity index is 1480. The summed E-state index contributed by atoms with van der Waals surface area (Å²) in [6, 6.07) is 0. The van der Waals surface area contributed by atoms with Crippen LogP contribution in [-0.2, 0) is 47.5 Å². The van der Waals surface area contributed by atoms with Crippen LogP contribution in [0.15, 0.2) is 0 Å². The summed E-state index contributed by atoms with van der Waals surface area (Å²) < 4.78 is 46.4. The first-order chi connectivity index (χ1) is 29.2. The standard InChI is InChI=1S/C49H84O13/c1-11-13-14-15-16-17-18-19-20-21-40(52)56-37-28-48(60-43(33(37)6)34(7)42(35(8)45(53)54)58-39(51)12-2)25-24-46(9,62-48)38-22-23-47(10,59-38)44-31(4)27-36(57-44)41-30(3)26-32(5)49(55,29-50)61-41/h30-38,41-44,50,55H,11-29H2,1-10H3,(H,53,54)/t30-,31-,32+,33+,34-,35+,36+,37-,38+,41-,42+,43-,44?,46-,47-,48+,49-/m0/s1. The molecule has 0 bridgehead atoms. The number of hydrogen-bond donors (Lipinski definition) is 3. The van der Waals surface area contributed by atoms with Gasteiger partial charge in [-0.25, -0.2) is 0 Å². The molecule has 5 saturated heterocycles. The van der Waals surface area contributed by atoms with Gasteiger partial charge in [-0.3, -0.25) is 14.4 Å². The van der Waals surface area contributed by atoms with Crippen LogP contribution < -0.4 is 0 Å². The van der Waals surface area contributed by atoms with Crippen LogP contribution in [0.4, 0.5) is 0 Å². The third kappa shape index (κ3) is 11.7. The van der Waals surface area contributed by atoms with Crippen molar-refractivity contribution in [3.63, 3.8) is 0 Å². The van der Waals surface area contributed by atoms with Crippen LogP contribution in [0.2, 0.25) is 0 Å². The number of aliphatic carboxylic acids is 1. The molecular formula is C49H84O13. The van der Waals surface area contributed by atoms with Gasteiger partial charge in [0.15, 0.2) is 11.6 Å². The van der Waals surface area contributed by atoms with Crippen LogP contribution in [-0.4, -0.2) is 105 Å². The topological polar surface area (TPSA) is 177 Å². The largest absolute Gasteiger partial charge is 0.481 e. The minimum Gasteiger partial charge on any atom is -0.481 e. The van der Waals surface area contributed by atoms with E-state index < -0.39 is 71.5 Å². The Morgan fingerprint density at radius 3 is 2.10 bits per heavy atom. The summed E-state index contributed by atoms with van der Waals surface area (Å²) in [5, 5.41) is 31.2. The number of hydrogen-bond acceptors (Lipinski definition) is 12. The Hall–Kier alpha value is -1.87. The molecule has 5 heterocycles. The van der Waals surface area contributed by atoms with Gasteiger partial charge in [0.2, 0.25) is 0 Å². The molecule has 0 aromatic rings. The van der Waals surface area contributed by atoms with Crippen LogP contribution in [0.3, 0.4) is 0 Å². The maximum Gasteiger partial charge on any atom is 0.309 e. The smallest absolute Gasteiger partial charge is 0.309 e. The number of esters is 2. The molecule has 0 saturated carbocycles. The van der Waals surface area contributed by atoms with Gasteiger partial charge >= 0.3 is 17.9 Å². The van der Waals surface area contributed by atoms with Crippen LogP contribution in [0.5, 0.6) is 0 Å². The van der Waals surface area contributed by atoms with Crippen LogP contribution in [0, 0.1) is 35.5 Å². The van der Waals surface area contributed by atoms with Gasteiger partial charge in [-0.1, -0.05) is 99.8 Å². The molecule has 0 aliphatic carbocycles. The zero-order valence-electron chi connectivity index (χ0n) is 39.9. The molecule has 0 aromatic carbocycles. The van der Waals surface area contributed by atoms with Gasteiger partial charge < -0.3 is 48.5 Å². The molecule has 13 heteroatoms. The molecule has 5 aliphatic heterocycles. The van der Waals surface area contributed by atoms with Crippen molar-refractivity contribution >= 4 is 17.9 Å². The van der Waals surface area contributed by atoms with Crippen molar-refractivity contribution in [1.29, 1.82) is 0 Å². The molecule has 1 spiro atoms. The van der Waals surface area contributed by atoms with E-state index in [1.807, 2.05) is 20.8 Å². The molecule has 5 fully saturated rings. The van der Waals surface area contributed by atoms with Gasteiger partial charge in [0.05, 0.1) is 54.2 Å². The van der Waals surface area contributed by atoms with E-state index in [1.54, 1.807) is 13.8 Å². The second kappa shape index (κ2) is 21.6. The monoisotopic (exact) mass is 881 g/mol. The quantitative estimate of drug-likeness (QED) is 0.0738. The Kier molecular flexibility index (Phi) is 17.8. The first kappa shape index (κ1) is 51.1. The van der Waals surface area contributed by atoms with E-state index in [-0.39, 0.29) is 60.5 Å². The molecular weight excluding hydrogens is 797 g/mol. The van der Waals surface area contributed by atoms with Crippen molar-refractivity contribution in [2.45, 2.75) is 250 Å². The lowest BCUT2D eigenvalue weighted by Gasteiger charge is -2.49. The minimum absolute atomic E-state index is 0.104. The van der Waals surface area contributed by atoms with Crippen LogP contribution >= 0.6 is 0 Å². The van der Waals surface area contributed by atoms with Crippen molar-refractivity contribution in [1.82, 2.24) is 0 Å². The van der Waals surface area contributed by atoms with Crippen molar-refractivity contribution in [2.24, 2.45) is 35.5 Å². The van der Waals surface area contributed by atoms with Crippen molar-refractivity contribution in [3.05, 3.63) is 0 Å². The summed E-state index contributed by atoms with van der Waals surface area (Å²) in [5.41, 5.74) is -1.37. The molecule has 62 heavy (non-hydrogen) atoms. The Labute approximate surface area is 372 Å². The molecule has 358 valence electrons. The van der Waals surface area contributed by atoms with Gasteiger partial charge in [-0.2, -0.15) is 0 Å². The highest BCUT2D eigenvalue weighted by molar-refractivity contribution is 5.73. The Balaban J connectivity index is 1.29. The Morgan fingerprint density at radius 1 is 0.806 bits per heavy atom. The molecule has 0 amide bonds. The summed E-state index contributed by atoms with van der Waals surface area (Å²) in [4.78, 5) is 38.5. The van der Waals surface area contributed by atoms with Gasteiger partial charge in [0.1, 0.15) is 12.2 Å². The van der Waals surface area contributed by atoms with Crippen LogP contribution in [0.1, 0.15) is 185 Å². The highest BCUT2D eigenvalue weighted by atomic mass is 16.7. The predicted octanol–water partition coefficient (Wildman–Crippen LogP) is 8.66. The molecule has 0 radical (unpaired) electrons. The van der Waals surface area contributed by atoms with Gasteiger partial charge in [-0.05, 0) is 71.1 Å². The number of carbonyl (C=O) groups is 3. The van der Waals surface area contributed by atoms with E-state index in [0.29, 0.717) is 25.7 Å². The summed E-state index contributed by atoms with van der Waals surface area (Å²) >= 11 is 0. The molecule has 3 N–H and O–H groups in total. The summed E-state index contributed by atoms with van der Waals surface area (Å²) in [7, 11) is 0. The SMILES string of the molecule is CCCCCCCCCCCC(=O)O[C@H]1C[C@]2(CC[C@@](C)([C@H]3CC[C@@](C)(C4O[C@@H]([C@H]5O[C@@](O)(CO)[C@H](C)C[C@@H]5C)C[C@@H]4C)O3)O2)O[C@H]([C@@H](C)[C@@H](OC(=O)CC)[C@@H](C)C(=O)O)[C@@H]1C. The number of aliphatic hydroxyl groups excluding tert-OH is 1. The lowest BCUT2D eigenvalue weighted by Crippen LogP contribution is -2.57. The summed E-state index contributed by atoms with van der Waals surface area (Å²) in [5.74, 6) is -6.37. The predicted molar refractivity (Wildman–Crippen MR) is 233 cm³/mol. The summed E-state index contributed by atoms with van der Waals surface area (Å²) in [6.45, 7) is 19.2. The van der Waals surface area contributed by atoms with E-state index in [1.165, 1.54) is 38.5 Å². The van der Waals surface area contributed by atoms with E-state index in [4.69, 9.17) is 33.2 Å². The molecule has 17 atom stereocenters. The molecule has 0 aromatic heterocycles. The van der Waals surface area contributed by atoms with E-state index >= 15 is 0 Å². The van der Waals surface area contributed by atoms with E-state index in [0.717, 1.165) is 44.9 Å². The first-order valence-electron chi connectivity index (χ1n) is 24.6. The summed E-state index contributed by atoms with van der Waals surface area (Å²) in [6.07, 6.45) is 11.8. The van der Waals surface area contributed by atoms with Crippen molar-refractivity contribution in [3.8, 4) is 0 Å². The fraction of sp³-hybridized carbons (Fsp3) is 0.939. The van der Waals surface area contributed by atoms with Gasteiger partial charge in [0.25, 0.3) is 0 Å². The Morgan fingerprint density at radius 2 is 1.47 bits per heavy atom. The van der Waals surface area contributed by atoms with Crippen molar-refractivity contribution in [2.75, 3.05) is 6.61 Å². The highest BCUT2D eigenvalue weighted by Gasteiger charge is 2.62. The number of carboxylic acid groups (broad SMARTS) is 1. The lowest BCUT2D eigenvalue weighted by molar-refractivity contribution is -0.336. The fourth-order valence-corrected chi connectivity index (χ4v) is 11.6. The number of carboxylic acids is 1. The lowest BCUT2D eigenvalue weighted by atomic mass is 9.78. The maximum absolute atomic E-state index is 13.5. The molecule has 5 rings (SSSR count). The van der Waals surface area contributed by atoms with Gasteiger partial charge in [0, 0.05) is 43.4 Å².